The largest absolute Gasteiger partial charge is 0.463 e. The van der Waals surface area contributed by atoms with E-state index in [1.165, 1.54) is 6.92 Å². The maximum Gasteiger partial charge on any atom is 0.305 e. The van der Waals surface area contributed by atoms with Gasteiger partial charge >= 0.3 is 41.8 Å². The first-order valence-electron chi connectivity index (χ1n) is 13.1. The van der Waals surface area contributed by atoms with Gasteiger partial charge < -0.3 is 47.4 Å². The van der Waals surface area contributed by atoms with Crippen molar-refractivity contribution >= 4 is 41.8 Å². The van der Waals surface area contributed by atoms with Crippen LogP contribution in [0.3, 0.4) is 0 Å². The van der Waals surface area contributed by atoms with Crippen molar-refractivity contribution in [2.75, 3.05) is 6.61 Å². The Bertz CT molecular complexity index is 1070. The maximum absolute atomic E-state index is 12.2. The summed E-state index contributed by atoms with van der Waals surface area (Å²) >= 11 is 0. The fourth-order valence-corrected chi connectivity index (χ4v) is 4.51. The van der Waals surface area contributed by atoms with E-state index in [1.807, 2.05) is 0 Å². The van der Waals surface area contributed by atoms with Gasteiger partial charge in [-0.15, -0.1) is 0 Å². The predicted octanol–water partition coefficient (Wildman–Crippen LogP) is -0.374. The van der Waals surface area contributed by atoms with Crippen LogP contribution in [0.25, 0.3) is 0 Å². The van der Waals surface area contributed by atoms with Crippen molar-refractivity contribution in [3.05, 3.63) is 0 Å². The smallest absolute Gasteiger partial charge is 0.305 e. The molecule has 0 amide bonds. The van der Waals surface area contributed by atoms with Gasteiger partial charge in [-0.25, -0.2) is 0 Å². The zero-order valence-electron chi connectivity index (χ0n) is 24.9. The highest BCUT2D eigenvalue weighted by Gasteiger charge is 2.57. The quantitative estimate of drug-likeness (QED) is 0.225. The van der Waals surface area contributed by atoms with Crippen LogP contribution in [0.1, 0.15) is 55.4 Å². The molecule has 2 aliphatic rings. The summed E-state index contributed by atoms with van der Waals surface area (Å²) in [4.78, 5) is 83.7. The molecule has 0 aromatic carbocycles. The van der Waals surface area contributed by atoms with Gasteiger partial charge in [-0.3, -0.25) is 33.6 Å². The Morgan fingerprint density at radius 2 is 0.884 bits per heavy atom. The molecular weight excluding hydrogens is 584 g/mol. The third-order valence-electron chi connectivity index (χ3n) is 5.85. The molecule has 2 saturated heterocycles. The topological polar surface area (TPSA) is 212 Å². The van der Waals surface area contributed by atoms with Gasteiger partial charge in [0.2, 0.25) is 6.29 Å². The lowest BCUT2D eigenvalue weighted by Gasteiger charge is -2.48. The molecule has 2 rings (SSSR count). The Hall–Kier alpha value is -3.83. The molecule has 242 valence electrons. The van der Waals surface area contributed by atoms with E-state index in [1.54, 1.807) is 0 Å². The molecule has 0 aliphatic carbocycles. The highest BCUT2D eigenvalue weighted by Crippen LogP contribution is 2.35. The molecule has 0 bridgehead atoms. The van der Waals surface area contributed by atoms with Gasteiger partial charge in [0.25, 0.3) is 0 Å². The standard InChI is InChI=1S/C26H36O17/c1-10-19(36-12(3)28)21(38-14(5)30)23(40-16(7)32)25(35-10)43-24-22(39-15(6)31)20(37-13(4)29)18(9-34-11(2)27)42-26(24)41-17(8)33/h10,18-26H,9H2,1-8H3/t10-,18+,19-,20+,21+,22-,23+,24+,25-,26-/m0/s1. The number of hydrogen-bond donors (Lipinski definition) is 0. The van der Waals surface area contributed by atoms with E-state index in [9.17, 15) is 33.6 Å². The molecular formula is C26H36O17. The van der Waals surface area contributed by atoms with Crippen molar-refractivity contribution < 1.29 is 80.9 Å². The van der Waals surface area contributed by atoms with Gasteiger partial charge in [0.05, 0.1) is 6.10 Å². The molecule has 10 atom stereocenters. The van der Waals surface area contributed by atoms with Crippen molar-refractivity contribution in [1.82, 2.24) is 0 Å². The summed E-state index contributed by atoms with van der Waals surface area (Å²) in [7, 11) is 0. The van der Waals surface area contributed by atoms with E-state index in [4.69, 9.17) is 47.4 Å². The van der Waals surface area contributed by atoms with Crippen molar-refractivity contribution in [3.63, 3.8) is 0 Å². The van der Waals surface area contributed by atoms with E-state index in [-0.39, 0.29) is 0 Å². The van der Waals surface area contributed by atoms with Crippen molar-refractivity contribution in [2.24, 2.45) is 0 Å². The maximum atomic E-state index is 12.2. The summed E-state index contributed by atoms with van der Waals surface area (Å²) in [5, 5.41) is 0. The second-order valence-electron chi connectivity index (χ2n) is 9.64. The van der Waals surface area contributed by atoms with Crippen LogP contribution in [0, 0.1) is 0 Å². The Morgan fingerprint density at radius 3 is 1.35 bits per heavy atom. The van der Waals surface area contributed by atoms with Crippen LogP contribution in [0.2, 0.25) is 0 Å². The molecule has 0 N–H and O–H groups in total. The minimum absolute atomic E-state index is 0.513. The second kappa shape index (κ2) is 15.6. The van der Waals surface area contributed by atoms with Gasteiger partial charge in [0, 0.05) is 48.5 Å². The molecule has 0 radical (unpaired) electrons. The molecule has 0 unspecified atom stereocenters. The number of carbonyl (C=O) groups is 7. The molecule has 0 spiro atoms. The summed E-state index contributed by atoms with van der Waals surface area (Å²) < 4.78 is 54.9. The molecule has 43 heavy (non-hydrogen) atoms. The minimum atomic E-state index is -1.70. The lowest BCUT2D eigenvalue weighted by atomic mass is 9.96. The van der Waals surface area contributed by atoms with E-state index in [0.717, 1.165) is 48.5 Å². The van der Waals surface area contributed by atoms with Gasteiger partial charge in [0.1, 0.15) is 12.7 Å². The highest BCUT2D eigenvalue weighted by molar-refractivity contribution is 5.69. The monoisotopic (exact) mass is 620 g/mol. The molecule has 17 nitrogen and oxygen atoms in total. The van der Waals surface area contributed by atoms with E-state index >= 15 is 0 Å². The zero-order valence-corrected chi connectivity index (χ0v) is 24.9. The first-order chi connectivity index (χ1) is 20.0. The number of esters is 7. The highest BCUT2D eigenvalue weighted by atomic mass is 16.8. The number of rotatable bonds is 10. The van der Waals surface area contributed by atoms with E-state index < -0.39 is 110 Å². The van der Waals surface area contributed by atoms with Gasteiger partial charge in [-0.05, 0) is 6.92 Å². The molecule has 0 aromatic rings. The van der Waals surface area contributed by atoms with Crippen molar-refractivity contribution in [2.45, 2.75) is 117 Å². The first kappa shape index (κ1) is 35.4. The normalized spacial score (nSPS) is 31.9. The van der Waals surface area contributed by atoms with Crippen LogP contribution in [0.4, 0.5) is 0 Å². The van der Waals surface area contributed by atoms with Crippen LogP contribution in [0.5, 0.6) is 0 Å². The van der Waals surface area contributed by atoms with Crippen LogP contribution in [0.15, 0.2) is 0 Å². The summed E-state index contributed by atoms with van der Waals surface area (Å²) in [6, 6.07) is 0. The Kier molecular flexibility index (Phi) is 12.8. The van der Waals surface area contributed by atoms with Gasteiger partial charge in [0.15, 0.2) is 42.9 Å². The predicted molar refractivity (Wildman–Crippen MR) is 134 cm³/mol. The lowest BCUT2D eigenvalue weighted by Crippen LogP contribution is -2.66. The molecule has 2 heterocycles. The Balaban J connectivity index is 2.62. The van der Waals surface area contributed by atoms with Gasteiger partial charge in [-0.1, -0.05) is 0 Å². The first-order valence-corrected chi connectivity index (χ1v) is 13.1. The number of ether oxygens (including phenoxy) is 10. The molecule has 0 saturated carbocycles. The molecule has 17 heteroatoms. The molecule has 2 aliphatic heterocycles. The molecule has 2 fully saturated rings. The average molecular weight is 621 g/mol. The van der Waals surface area contributed by atoms with Crippen molar-refractivity contribution in [3.8, 4) is 0 Å². The summed E-state index contributed by atoms with van der Waals surface area (Å²) in [5.41, 5.74) is 0. The van der Waals surface area contributed by atoms with Crippen LogP contribution < -0.4 is 0 Å². The van der Waals surface area contributed by atoms with E-state index in [2.05, 4.69) is 0 Å². The van der Waals surface area contributed by atoms with Crippen molar-refractivity contribution in [1.29, 1.82) is 0 Å². The number of carbonyl (C=O) groups excluding carboxylic acids is 7. The fraction of sp³-hybridized carbons (Fsp3) is 0.731. The summed E-state index contributed by atoms with van der Waals surface area (Å²) in [6.07, 6.45) is -14.8. The fourth-order valence-electron chi connectivity index (χ4n) is 4.51. The average Bonchev–Trinajstić information content (AvgIpc) is 2.84. The summed E-state index contributed by atoms with van der Waals surface area (Å²) in [5.74, 6) is -5.78. The third kappa shape index (κ3) is 10.4. The second-order valence-corrected chi connectivity index (χ2v) is 9.64. The van der Waals surface area contributed by atoms with Crippen LogP contribution in [-0.4, -0.2) is 110 Å². The van der Waals surface area contributed by atoms with E-state index in [0.29, 0.717) is 0 Å². The SMILES string of the molecule is CC(=O)OC[C@H]1O[C@H](OC(C)=O)[C@H](O[C@@H]2O[C@@H](C)[C@H](OC(C)=O)[C@@H](OC(C)=O)[C@H]2OC(C)=O)[C@@H](OC(C)=O)[C@@H]1OC(C)=O. The Morgan fingerprint density at radius 1 is 0.465 bits per heavy atom. The summed E-state index contributed by atoms with van der Waals surface area (Å²) in [6.45, 7) is 8.42. The minimum Gasteiger partial charge on any atom is -0.463 e. The number of hydrogen-bond acceptors (Lipinski definition) is 17. The third-order valence-corrected chi connectivity index (χ3v) is 5.85. The Labute approximate surface area is 246 Å². The van der Waals surface area contributed by atoms with Gasteiger partial charge in [-0.2, -0.15) is 0 Å². The van der Waals surface area contributed by atoms with Crippen LogP contribution >= 0.6 is 0 Å². The lowest BCUT2D eigenvalue weighted by molar-refractivity contribution is -0.361. The van der Waals surface area contributed by atoms with Crippen LogP contribution in [-0.2, 0) is 80.9 Å². The molecule has 0 aromatic heterocycles. The zero-order chi connectivity index (χ0) is 32.6.